The zero-order valence-electron chi connectivity index (χ0n) is 7.27. The second-order valence-corrected chi connectivity index (χ2v) is 4.65. The number of nitrogens with two attached hydrogens (primary N) is 2. The summed E-state index contributed by atoms with van der Waals surface area (Å²) in [6, 6.07) is 1.72. The van der Waals surface area contributed by atoms with Gasteiger partial charge in [0.15, 0.2) is 0 Å². The molecule has 5 N–H and O–H groups in total. The molecule has 0 saturated heterocycles. The Morgan fingerprint density at radius 1 is 1.40 bits per heavy atom. The monoisotopic (exact) mass is 250 g/mol. The zero-order chi connectivity index (χ0) is 11.8. The molecule has 1 amide bonds. The molecule has 0 aliphatic carbocycles. The molecule has 0 heterocycles. The summed E-state index contributed by atoms with van der Waals surface area (Å²) >= 11 is 5.52. The topological polar surface area (TPSA) is 123 Å². The van der Waals surface area contributed by atoms with Crippen LogP contribution in [0.3, 0.4) is 0 Å². The molecule has 0 aromatic heterocycles. The van der Waals surface area contributed by atoms with Crippen LogP contribution in [0, 0.1) is 0 Å². The smallest absolute Gasteiger partial charge is 0.252 e. The van der Waals surface area contributed by atoms with Crippen LogP contribution in [0.4, 0.5) is 0 Å². The molecule has 0 fully saturated rings. The molecule has 0 bridgehead atoms. The summed E-state index contributed by atoms with van der Waals surface area (Å²) in [7, 11) is -4.06. The van der Waals surface area contributed by atoms with Crippen molar-refractivity contribution in [2.75, 3.05) is 0 Å². The molecule has 8 heteroatoms. The molecular formula is C7H7ClN2O4S. The number of amides is 1. The van der Waals surface area contributed by atoms with Gasteiger partial charge < -0.3 is 10.8 Å². The van der Waals surface area contributed by atoms with Crippen molar-refractivity contribution in [2.24, 2.45) is 10.9 Å². The quantitative estimate of drug-likeness (QED) is 0.672. The van der Waals surface area contributed by atoms with Gasteiger partial charge in [0.1, 0.15) is 10.6 Å². The molecule has 1 aromatic carbocycles. The molecule has 15 heavy (non-hydrogen) atoms. The highest BCUT2D eigenvalue weighted by molar-refractivity contribution is 7.89. The van der Waals surface area contributed by atoms with E-state index in [1.54, 1.807) is 0 Å². The van der Waals surface area contributed by atoms with E-state index in [2.05, 4.69) is 0 Å². The van der Waals surface area contributed by atoms with Crippen molar-refractivity contribution in [1.29, 1.82) is 0 Å². The molecule has 6 nitrogen and oxygen atoms in total. The van der Waals surface area contributed by atoms with Gasteiger partial charge in [0.2, 0.25) is 10.0 Å². The van der Waals surface area contributed by atoms with Gasteiger partial charge in [-0.2, -0.15) is 0 Å². The summed E-state index contributed by atoms with van der Waals surface area (Å²) in [6.45, 7) is 0. The SMILES string of the molecule is NC(=O)c1cc(S(N)(=O)=O)c(Cl)cc1O. The maximum atomic E-state index is 11.0. The Labute approximate surface area is 90.5 Å². The minimum Gasteiger partial charge on any atom is -0.507 e. The number of carbonyl (C=O) groups excluding carboxylic acids is 1. The van der Waals surface area contributed by atoms with Crippen molar-refractivity contribution in [3.63, 3.8) is 0 Å². The minimum atomic E-state index is -4.06. The third kappa shape index (κ3) is 2.38. The molecule has 1 aromatic rings. The lowest BCUT2D eigenvalue weighted by atomic mass is 10.2. The number of hydrogen-bond donors (Lipinski definition) is 3. The summed E-state index contributed by atoms with van der Waals surface area (Å²) in [6.07, 6.45) is 0. The number of aromatic hydroxyl groups is 1. The van der Waals surface area contributed by atoms with Crippen molar-refractivity contribution >= 4 is 27.5 Å². The van der Waals surface area contributed by atoms with Gasteiger partial charge in [0.25, 0.3) is 5.91 Å². The van der Waals surface area contributed by atoms with Crippen LogP contribution in [0.5, 0.6) is 5.75 Å². The fourth-order valence-electron chi connectivity index (χ4n) is 0.958. The molecule has 82 valence electrons. The van der Waals surface area contributed by atoms with Crippen LogP contribution in [0.25, 0.3) is 0 Å². The highest BCUT2D eigenvalue weighted by Crippen LogP contribution is 2.28. The van der Waals surface area contributed by atoms with E-state index in [4.69, 9.17) is 22.5 Å². The summed E-state index contributed by atoms with van der Waals surface area (Å²) in [5.41, 5.74) is 4.54. The van der Waals surface area contributed by atoms with Gasteiger partial charge in [-0.1, -0.05) is 11.6 Å². The Hall–Kier alpha value is -1.31. The summed E-state index contributed by atoms with van der Waals surface area (Å²) in [4.78, 5) is 10.3. The van der Waals surface area contributed by atoms with Gasteiger partial charge in [0.05, 0.1) is 10.6 Å². The van der Waals surface area contributed by atoms with E-state index < -0.39 is 26.6 Å². The molecular weight excluding hydrogens is 244 g/mol. The van der Waals surface area contributed by atoms with Crippen LogP contribution in [0.1, 0.15) is 10.4 Å². The number of primary sulfonamides is 1. The lowest BCUT2D eigenvalue weighted by molar-refractivity contribution is 0.0997. The number of carbonyl (C=O) groups is 1. The van der Waals surface area contributed by atoms with Crippen LogP contribution in [0.15, 0.2) is 17.0 Å². The maximum absolute atomic E-state index is 11.0. The highest BCUT2D eigenvalue weighted by Gasteiger charge is 2.18. The fourth-order valence-corrected chi connectivity index (χ4v) is 2.05. The Morgan fingerprint density at radius 3 is 2.33 bits per heavy atom. The molecule has 0 aliphatic rings. The Balaban J connectivity index is 3.58. The lowest BCUT2D eigenvalue weighted by Gasteiger charge is -2.05. The fraction of sp³-hybridized carbons (Fsp3) is 0. The first-order valence-corrected chi connectivity index (χ1v) is 5.51. The first-order valence-electron chi connectivity index (χ1n) is 3.58. The predicted octanol–water partition coefficient (Wildman–Crippen LogP) is -0.208. The molecule has 0 spiro atoms. The first kappa shape index (κ1) is 11.8. The van der Waals surface area contributed by atoms with E-state index in [0.717, 1.165) is 12.1 Å². The standard InChI is InChI=1S/C7H7ClN2O4S/c8-4-2-5(11)3(7(9)12)1-6(4)15(10,13)14/h1-2,11H,(H2,9,12)(H2,10,13,14). The van der Waals surface area contributed by atoms with Gasteiger partial charge >= 0.3 is 0 Å². The number of phenols is 1. The number of benzene rings is 1. The maximum Gasteiger partial charge on any atom is 0.252 e. The average Bonchev–Trinajstić information content (AvgIpc) is 2.00. The van der Waals surface area contributed by atoms with E-state index >= 15 is 0 Å². The predicted molar refractivity (Wildman–Crippen MR) is 53.0 cm³/mol. The van der Waals surface area contributed by atoms with E-state index in [-0.39, 0.29) is 10.6 Å². The van der Waals surface area contributed by atoms with E-state index in [9.17, 15) is 18.3 Å². The van der Waals surface area contributed by atoms with Crippen LogP contribution >= 0.6 is 11.6 Å². The third-order valence-corrected chi connectivity index (χ3v) is 3.00. The second kappa shape index (κ2) is 3.69. The third-order valence-electron chi connectivity index (χ3n) is 1.62. The van der Waals surface area contributed by atoms with Crippen LogP contribution < -0.4 is 10.9 Å². The lowest BCUT2D eigenvalue weighted by Crippen LogP contribution is -2.16. The largest absolute Gasteiger partial charge is 0.507 e. The normalized spacial score (nSPS) is 11.3. The zero-order valence-corrected chi connectivity index (χ0v) is 8.84. The second-order valence-electron chi connectivity index (χ2n) is 2.71. The number of sulfonamides is 1. The summed E-state index contributed by atoms with van der Waals surface area (Å²) < 4.78 is 22.0. The Morgan fingerprint density at radius 2 is 1.93 bits per heavy atom. The number of hydrogen-bond acceptors (Lipinski definition) is 4. The number of rotatable bonds is 2. The van der Waals surface area contributed by atoms with Gasteiger partial charge in [0, 0.05) is 6.07 Å². The number of primary amides is 1. The van der Waals surface area contributed by atoms with E-state index in [1.165, 1.54) is 0 Å². The molecule has 0 atom stereocenters. The molecule has 0 radical (unpaired) electrons. The van der Waals surface area contributed by atoms with Crippen molar-refractivity contribution in [3.8, 4) is 5.75 Å². The van der Waals surface area contributed by atoms with Crippen molar-refractivity contribution in [1.82, 2.24) is 0 Å². The molecule has 1 rings (SSSR count). The molecule has 0 unspecified atom stereocenters. The van der Waals surface area contributed by atoms with E-state index in [1.807, 2.05) is 0 Å². The summed E-state index contributed by atoms with van der Waals surface area (Å²) in [5, 5.41) is 13.8. The van der Waals surface area contributed by atoms with Gasteiger partial charge in [-0.05, 0) is 6.07 Å². The Bertz CT molecular complexity index is 526. The van der Waals surface area contributed by atoms with Crippen molar-refractivity contribution in [2.45, 2.75) is 4.90 Å². The van der Waals surface area contributed by atoms with Gasteiger partial charge in [-0.15, -0.1) is 0 Å². The molecule has 0 aliphatic heterocycles. The van der Waals surface area contributed by atoms with E-state index in [0.29, 0.717) is 0 Å². The van der Waals surface area contributed by atoms with Gasteiger partial charge in [-0.3, -0.25) is 4.79 Å². The summed E-state index contributed by atoms with van der Waals surface area (Å²) in [5.74, 6) is -1.48. The average molecular weight is 251 g/mol. The molecule has 0 saturated carbocycles. The number of halogens is 1. The Kier molecular flexibility index (Phi) is 2.89. The van der Waals surface area contributed by atoms with Crippen molar-refractivity contribution < 1.29 is 18.3 Å². The highest BCUT2D eigenvalue weighted by atomic mass is 35.5. The first-order chi connectivity index (χ1) is 6.73. The van der Waals surface area contributed by atoms with Crippen LogP contribution in [-0.2, 0) is 10.0 Å². The van der Waals surface area contributed by atoms with Gasteiger partial charge in [-0.25, -0.2) is 13.6 Å². The van der Waals surface area contributed by atoms with Crippen LogP contribution in [-0.4, -0.2) is 19.4 Å². The van der Waals surface area contributed by atoms with Crippen LogP contribution in [0.2, 0.25) is 5.02 Å². The van der Waals surface area contributed by atoms with Crippen molar-refractivity contribution in [3.05, 3.63) is 22.7 Å². The minimum absolute atomic E-state index is 0.278.